The summed E-state index contributed by atoms with van der Waals surface area (Å²) in [7, 11) is 3.76. The van der Waals surface area contributed by atoms with E-state index in [1.54, 1.807) is 7.11 Å². The lowest BCUT2D eigenvalue weighted by Crippen LogP contribution is -2.38. The summed E-state index contributed by atoms with van der Waals surface area (Å²) in [6.45, 7) is 8.97. The van der Waals surface area contributed by atoms with E-state index in [0.29, 0.717) is 6.54 Å². The maximum absolute atomic E-state index is 5.48. The van der Waals surface area contributed by atoms with Gasteiger partial charge >= 0.3 is 0 Å². The normalized spacial score (nSPS) is 15.1. The van der Waals surface area contributed by atoms with Crippen molar-refractivity contribution in [3.8, 4) is 5.75 Å². The molecule has 1 heterocycles. The number of benzene rings is 2. The number of hydrogen-bond acceptors (Lipinski definition) is 4. The molecule has 0 spiro atoms. The molecule has 30 heavy (non-hydrogen) atoms. The van der Waals surface area contributed by atoms with Gasteiger partial charge in [-0.05, 0) is 24.1 Å². The van der Waals surface area contributed by atoms with Crippen LogP contribution in [0.15, 0.2) is 53.5 Å². The van der Waals surface area contributed by atoms with Gasteiger partial charge in [0.2, 0.25) is 0 Å². The molecule has 0 unspecified atom stereocenters. The van der Waals surface area contributed by atoms with Crippen molar-refractivity contribution in [2.45, 2.75) is 26.6 Å². The van der Waals surface area contributed by atoms with Gasteiger partial charge in [-0.25, -0.2) is 4.99 Å². The summed E-state index contributed by atoms with van der Waals surface area (Å²) in [4.78, 5) is 9.41. The Balaban J connectivity index is 1.60. The first kappa shape index (κ1) is 22.1. The van der Waals surface area contributed by atoms with Crippen molar-refractivity contribution in [2.75, 3.05) is 47.0 Å². The third-order valence-corrected chi connectivity index (χ3v) is 5.24. The zero-order chi connectivity index (χ0) is 21.2. The van der Waals surface area contributed by atoms with Crippen molar-refractivity contribution in [1.82, 2.24) is 15.1 Å². The number of morpholine rings is 1. The van der Waals surface area contributed by atoms with Crippen molar-refractivity contribution in [3.05, 3.63) is 65.2 Å². The SMILES string of the molecule is CCNC(=NCc1ccc(CN2CCOCC2)cc1)N(C)Cc1ccccc1OC. The van der Waals surface area contributed by atoms with Crippen molar-refractivity contribution in [2.24, 2.45) is 4.99 Å². The molecule has 0 radical (unpaired) electrons. The molecule has 3 rings (SSSR count). The van der Waals surface area contributed by atoms with Crippen LogP contribution in [0.2, 0.25) is 0 Å². The van der Waals surface area contributed by atoms with Crippen molar-refractivity contribution >= 4 is 5.96 Å². The van der Waals surface area contributed by atoms with Gasteiger partial charge in [0.15, 0.2) is 5.96 Å². The lowest BCUT2D eigenvalue weighted by Gasteiger charge is -2.26. The van der Waals surface area contributed by atoms with Crippen LogP contribution >= 0.6 is 0 Å². The van der Waals surface area contributed by atoms with E-state index in [0.717, 1.165) is 63.2 Å². The number of aliphatic imine (C=N–C) groups is 1. The molecule has 1 aliphatic rings. The third-order valence-electron chi connectivity index (χ3n) is 5.24. The predicted molar refractivity (Wildman–Crippen MR) is 122 cm³/mol. The Morgan fingerprint density at radius 3 is 2.50 bits per heavy atom. The largest absolute Gasteiger partial charge is 0.496 e. The molecular weight excluding hydrogens is 376 g/mol. The minimum atomic E-state index is 0.649. The summed E-state index contributed by atoms with van der Waals surface area (Å²) < 4.78 is 10.9. The molecule has 1 N–H and O–H groups in total. The van der Waals surface area contributed by atoms with Crippen LogP contribution in [0.5, 0.6) is 5.75 Å². The fourth-order valence-electron chi connectivity index (χ4n) is 3.57. The number of nitrogens with zero attached hydrogens (tertiary/aromatic N) is 3. The van der Waals surface area contributed by atoms with Crippen LogP contribution in [0.1, 0.15) is 23.6 Å². The van der Waals surface area contributed by atoms with E-state index in [9.17, 15) is 0 Å². The van der Waals surface area contributed by atoms with Gasteiger partial charge in [0.05, 0.1) is 26.9 Å². The monoisotopic (exact) mass is 410 g/mol. The quantitative estimate of drug-likeness (QED) is 0.535. The Morgan fingerprint density at radius 1 is 1.10 bits per heavy atom. The molecule has 0 atom stereocenters. The predicted octanol–water partition coefficient (Wildman–Crippen LogP) is 3.12. The summed E-state index contributed by atoms with van der Waals surface area (Å²) in [5.41, 5.74) is 3.69. The van der Waals surface area contributed by atoms with Crippen LogP contribution in [-0.4, -0.2) is 62.8 Å². The Hall–Kier alpha value is -2.57. The van der Waals surface area contributed by atoms with E-state index in [-0.39, 0.29) is 0 Å². The first-order chi connectivity index (χ1) is 14.7. The van der Waals surface area contributed by atoms with Crippen LogP contribution in [0.3, 0.4) is 0 Å². The van der Waals surface area contributed by atoms with Gasteiger partial charge in [0.25, 0.3) is 0 Å². The topological polar surface area (TPSA) is 49.3 Å². The summed E-state index contributed by atoms with van der Waals surface area (Å²) in [6.07, 6.45) is 0. The minimum absolute atomic E-state index is 0.649. The number of methoxy groups -OCH3 is 1. The molecule has 0 amide bonds. The number of hydrogen-bond donors (Lipinski definition) is 1. The molecule has 0 saturated carbocycles. The van der Waals surface area contributed by atoms with Crippen molar-refractivity contribution in [1.29, 1.82) is 0 Å². The highest BCUT2D eigenvalue weighted by molar-refractivity contribution is 5.79. The molecule has 1 fully saturated rings. The summed E-state index contributed by atoms with van der Waals surface area (Å²) in [5.74, 6) is 1.79. The average Bonchev–Trinajstić information content (AvgIpc) is 2.78. The van der Waals surface area contributed by atoms with Gasteiger partial charge < -0.3 is 19.7 Å². The second-order valence-electron chi connectivity index (χ2n) is 7.54. The van der Waals surface area contributed by atoms with Crippen LogP contribution < -0.4 is 10.1 Å². The fraction of sp³-hybridized carbons (Fsp3) is 0.458. The molecule has 0 aromatic heterocycles. The number of guanidine groups is 1. The lowest BCUT2D eigenvalue weighted by molar-refractivity contribution is 0.0342. The highest BCUT2D eigenvalue weighted by Gasteiger charge is 2.11. The Labute approximate surface area is 180 Å². The minimum Gasteiger partial charge on any atom is -0.496 e. The molecule has 2 aromatic rings. The molecule has 1 saturated heterocycles. The van der Waals surface area contributed by atoms with Gasteiger partial charge in [-0.1, -0.05) is 42.5 Å². The molecule has 6 nitrogen and oxygen atoms in total. The average molecular weight is 411 g/mol. The van der Waals surface area contributed by atoms with Gasteiger partial charge in [0.1, 0.15) is 5.75 Å². The van der Waals surface area contributed by atoms with Gasteiger partial charge in [-0.15, -0.1) is 0 Å². The first-order valence-electron chi connectivity index (χ1n) is 10.7. The molecule has 2 aromatic carbocycles. The Kier molecular flexibility index (Phi) is 8.53. The summed E-state index contributed by atoms with van der Waals surface area (Å²) in [6, 6.07) is 16.9. The molecule has 0 aliphatic carbocycles. The summed E-state index contributed by atoms with van der Waals surface area (Å²) in [5, 5.41) is 3.39. The second kappa shape index (κ2) is 11.6. The van der Waals surface area contributed by atoms with Crippen LogP contribution in [0.25, 0.3) is 0 Å². The zero-order valence-electron chi connectivity index (χ0n) is 18.4. The lowest BCUT2D eigenvalue weighted by atomic mass is 10.1. The number of nitrogens with one attached hydrogen (secondary N) is 1. The molecule has 0 bridgehead atoms. The van der Waals surface area contributed by atoms with Gasteiger partial charge in [-0.2, -0.15) is 0 Å². The van der Waals surface area contributed by atoms with Gasteiger partial charge in [0, 0.05) is 45.3 Å². The molecular formula is C24H34N4O2. The van der Waals surface area contributed by atoms with E-state index < -0.39 is 0 Å². The van der Waals surface area contributed by atoms with E-state index >= 15 is 0 Å². The van der Waals surface area contributed by atoms with Crippen LogP contribution in [-0.2, 0) is 24.4 Å². The van der Waals surface area contributed by atoms with E-state index in [1.165, 1.54) is 11.1 Å². The maximum Gasteiger partial charge on any atom is 0.194 e. The fourth-order valence-corrected chi connectivity index (χ4v) is 3.57. The van der Waals surface area contributed by atoms with E-state index in [4.69, 9.17) is 14.5 Å². The molecule has 1 aliphatic heterocycles. The van der Waals surface area contributed by atoms with Crippen molar-refractivity contribution < 1.29 is 9.47 Å². The molecule has 162 valence electrons. The standard InChI is InChI=1S/C24H34N4O2/c1-4-25-24(27(2)19-22-7-5-6-8-23(22)29-3)26-17-20-9-11-21(12-10-20)18-28-13-15-30-16-14-28/h5-12H,4,13-19H2,1-3H3,(H,25,26). The Morgan fingerprint density at radius 2 is 1.80 bits per heavy atom. The van der Waals surface area contributed by atoms with E-state index in [2.05, 4.69) is 59.4 Å². The third kappa shape index (κ3) is 6.47. The second-order valence-corrected chi connectivity index (χ2v) is 7.54. The van der Waals surface area contributed by atoms with Crippen molar-refractivity contribution in [3.63, 3.8) is 0 Å². The first-order valence-corrected chi connectivity index (χ1v) is 10.7. The number of rotatable bonds is 8. The number of para-hydroxylation sites is 1. The Bertz CT molecular complexity index is 801. The van der Waals surface area contributed by atoms with E-state index in [1.807, 2.05) is 18.2 Å². The highest BCUT2D eigenvalue weighted by Crippen LogP contribution is 2.19. The maximum atomic E-state index is 5.48. The van der Waals surface area contributed by atoms with Crippen LogP contribution in [0.4, 0.5) is 0 Å². The zero-order valence-corrected chi connectivity index (χ0v) is 18.4. The summed E-state index contributed by atoms with van der Waals surface area (Å²) >= 11 is 0. The van der Waals surface area contributed by atoms with Crippen LogP contribution in [0, 0.1) is 0 Å². The van der Waals surface area contributed by atoms with Gasteiger partial charge in [-0.3, -0.25) is 4.90 Å². The highest BCUT2D eigenvalue weighted by atomic mass is 16.5. The number of ether oxygens (including phenoxy) is 2. The molecule has 6 heteroatoms. The smallest absolute Gasteiger partial charge is 0.194 e.